The molecule has 0 aliphatic carbocycles. The Kier molecular flexibility index (Phi) is 4.99. The van der Waals surface area contributed by atoms with E-state index in [0.717, 1.165) is 12.2 Å². The lowest BCUT2D eigenvalue weighted by Gasteiger charge is -2.33. The molecule has 8 nitrogen and oxygen atoms in total. The first-order chi connectivity index (χ1) is 11.8. The summed E-state index contributed by atoms with van der Waals surface area (Å²) in [6.45, 7) is 9.72. The average molecular weight is 366 g/mol. The zero-order chi connectivity index (χ0) is 18.2. The second kappa shape index (κ2) is 6.89. The van der Waals surface area contributed by atoms with Crippen LogP contribution in [0.4, 0.5) is 0 Å². The molecule has 0 N–H and O–H groups in total. The number of hydrogen-bond acceptors (Lipinski definition) is 5. The summed E-state index contributed by atoms with van der Waals surface area (Å²) in [5.74, 6) is 0. The van der Waals surface area contributed by atoms with Gasteiger partial charge in [0.05, 0.1) is 18.1 Å². The molecular formula is C16H26N6O2S. The summed E-state index contributed by atoms with van der Waals surface area (Å²) in [6.07, 6.45) is 3.36. The molecule has 138 valence electrons. The third kappa shape index (κ3) is 3.36. The zero-order valence-corrected chi connectivity index (χ0v) is 16.1. The van der Waals surface area contributed by atoms with Crippen LogP contribution in [0.15, 0.2) is 17.3 Å². The van der Waals surface area contributed by atoms with Crippen LogP contribution in [-0.4, -0.2) is 63.4 Å². The molecule has 0 aromatic carbocycles. The van der Waals surface area contributed by atoms with Gasteiger partial charge in [0, 0.05) is 57.6 Å². The summed E-state index contributed by atoms with van der Waals surface area (Å²) in [4.78, 5) is 2.60. The summed E-state index contributed by atoms with van der Waals surface area (Å²) >= 11 is 0. The van der Waals surface area contributed by atoms with E-state index in [4.69, 9.17) is 0 Å². The molecule has 9 heteroatoms. The van der Waals surface area contributed by atoms with E-state index in [1.165, 1.54) is 11.8 Å². The van der Waals surface area contributed by atoms with E-state index in [2.05, 4.69) is 22.0 Å². The molecule has 0 unspecified atom stereocenters. The van der Waals surface area contributed by atoms with Crippen LogP contribution < -0.4 is 0 Å². The lowest BCUT2D eigenvalue weighted by Crippen LogP contribution is -2.48. The second-order valence-corrected chi connectivity index (χ2v) is 8.38. The molecular weight excluding hydrogens is 340 g/mol. The Morgan fingerprint density at radius 2 is 1.72 bits per heavy atom. The van der Waals surface area contributed by atoms with Crippen LogP contribution in [0, 0.1) is 13.8 Å². The number of hydrogen-bond donors (Lipinski definition) is 0. The van der Waals surface area contributed by atoms with Crippen molar-refractivity contribution in [3.05, 3.63) is 29.3 Å². The molecule has 1 aliphatic rings. The Morgan fingerprint density at radius 3 is 2.24 bits per heavy atom. The van der Waals surface area contributed by atoms with E-state index in [0.29, 0.717) is 43.3 Å². The van der Waals surface area contributed by atoms with Crippen LogP contribution in [0.2, 0.25) is 0 Å². The van der Waals surface area contributed by atoms with E-state index in [1.807, 2.05) is 31.8 Å². The van der Waals surface area contributed by atoms with Crippen molar-refractivity contribution in [1.29, 1.82) is 0 Å². The molecule has 0 amide bonds. The highest BCUT2D eigenvalue weighted by molar-refractivity contribution is 7.89. The average Bonchev–Trinajstić information content (AvgIpc) is 3.12. The van der Waals surface area contributed by atoms with Crippen molar-refractivity contribution < 1.29 is 8.42 Å². The van der Waals surface area contributed by atoms with Gasteiger partial charge in [0.1, 0.15) is 4.90 Å². The molecule has 0 bridgehead atoms. The second-order valence-electron chi connectivity index (χ2n) is 6.47. The van der Waals surface area contributed by atoms with Crippen molar-refractivity contribution in [2.75, 3.05) is 26.2 Å². The lowest BCUT2D eigenvalue weighted by atomic mass is 10.2. The van der Waals surface area contributed by atoms with Crippen LogP contribution in [0.25, 0.3) is 0 Å². The molecule has 0 saturated carbocycles. The number of rotatable bonds is 5. The Morgan fingerprint density at radius 1 is 1.04 bits per heavy atom. The quantitative estimate of drug-likeness (QED) is 0.781. The van der Waals surface area contributed by atoms with Crippen LogP contribution in [0.3, 0.4) is 0 Å². The molecule has 1 fully saturated rings. The predicted molar refractivity (Wildman–Crippen MR) is 94.6 cm³/mol. The monoisotopic (exact) mass is 366 g/mol. The van der Waals surface area contributed by atoms with Crippen LogP contribution in [0.5, 0.6) is 0 Å². The van der Waals surface area contributed by atoms with Gasteiger partial charge in [-0.05, 0) is 20.8 Å². The third-order valence-electron chi connectivity index (χ3n) is 5.04. The summed E-state index contributed by atoms with van der Waals surface area (Å²) in [5, 5.41) is 8.44. The normalized spacial score (nSPS) is 17.3. The molecule has 2 aromatic heterocycles. The van der Waals surface area contributed by atoms with E-state index < -0.39 is 10.0 Å². The minimum atomic E-state index is -3.48. The van der Waals surface area contributed by atoms with Crippen LogP contribution >= 0.6 is 0 Å². The summed E-state index contributed by atoms with van der Waals surface area (Å²) in [6, 6.07) is 0. The third-order valence-corrected chi connectivity index (χ3v) is 7.04. The van der Waals surface area contributed by atoms with Crippen molar-refractivity contribution in [2.24, 2.45) is 7.05 Å². The minimum Gasteiger partial charge on any atom is -0.296 e. The van der Waals surface area contributed by atoms with Gasteiger partial charge >= 0.3 is 0 Å². The number of aryl methyl sites for hydroxylation is 2. The Labute approximate surface area is 149 Å². The highest BCUT2D eigenvalue weighted by atomic mass is 32.2. The molecule has 25 heavy (non-hydrogen) atoms. The van der Waals surface area contributed by atoms with E-state index in [1.54, 1.807) is 8.99 Å². The smallest absolute Gasteiger partial charge is 0.246 e. The molecule has 3 rings (SSSR count). The summed E-state index contributed by atoms with van der Waals surface area (Å²) < 4.78 is 31.0. The molecule has 1 aliphatic heterocycles. The number of piperazine rings is 1. The van der Waals surface area contributed by atoms with Crippen molar-refractivity contribution in [2.45, 2.75) is 38.8 Å². The van der Waals surface area contributed by atoms with Gasteiger partial charge in [-0.25, -0.2) is 8.42 Å². The fourth-order valence-electron chi connectivity index (χ4n) is 3.21. The molecule has 0 radical (unpaired) electrons. The van der Waals surface area contributed by atoms with Gasteiger partial charge in [-0.3, -0.25) is 14.3 Å². The van der Waals surface area contributed by atoms with E-state index in [9.17, 15) is 8.42 Å². The highest BCUT2D eigenvalue weighted by Crippen LogP contribution is 2.21. The van der Waals surface area contributed by atoms with Crippen molar-refractivity contribution in [3.63, 3.8) is 0 Å². The van der Waals surface area contributed by atoms with Gasteiger partial charge in [0.2, 0.25) is 10.0 Å². The molecule has 1 saturated heterocycles. The Hall–Kier alpha value is -1.71. The van der Waals surface area contributed by atoms with Crippen molar-refractivity contribution in [3.8, 4) is 0 Å². The topological polar surface area (TPSA) is 76.3 Å². The lowest BCUT2D eigenvalue weighted by molar-refractivity contribution is 0.181. The minimum absolute atomic E-state index is 0.325. The standard InChI is InChI=1S/C16H26N6O2S/c1-5-22-14(3)16(11-18-22)25(23,24)21-8-6-20(7-9-21)12-15-10-17-19(4)13(15)2/h10-11H,5-9,12H2,1-4H3. The van der Waals surface area contributed by atoms with E-state index >= 15 is 0 Å². The van der Waals surface area contributed by atoms with E-state index in [-0.39, 0.29) is 0 Å². The summed E-state index contributed by atoms with van der Waals surface area (Å²) in [7, 11) is -1.54. The maximum absolute atomic E-state index is 12.9. The Balaban J connectivity index is 1.67. The van der Waals surface area contributed by atoms with Crippen LogP contribution in [0.1, 0.15) is 23.9 Å². The number of nitrogens with zero attached hydrogens (tertiary/aromatic N) is 6. The maximum atomic E-state index is 12.9. The van der Waals surface area contributed by atoms with Crippen molar-refractivity contribution in [1.82, 2.24) is 28.8 Å². The highest BCUT2D eigenvalue weighted by Gasteiger charge is 2.31. The van der Waals surface area contributed by atoms with Gasteiger partial charge in [0.25, 0.3) is 0 Å². The molecule has 0 spiro atoms. The Bertz CT molecular complexity index is 846. The van der Waals surface area contributed by atoms with Gasteiger partial charge in [0.15, 0.2) is 0 Å². The first-order valence-electron chi connectivity index (χ1n) is 8.57. The maximum Gasteiger partial charge on any atom is 0.246 e. The fraction of sp³-hybridized carbons (Fsp3) is 0.625. The van der Waals surface area contributed by atoms with Gasteiger partial charge in [-0.1, -0.05) is 0 Å². The first-order valence-corrected chi connectivity index (χ1v) is 10.0. The molecule has 2 aromatic rings. The zero-order valence-electron chi connectivity index (χ0n) is 15.3. The van der Waals surface area contributed by atoms with Gasteiger partial charge in [-0.15, -0.1) is 0 Å². The fourth-order valence-corrected chi connectivity index (χ4v) is 4.79. The summed E-state index contributed by atoms with van der Waals surface area (Å²) in [5.41, 5.74) is 3.05. The number of sulfonamides is 1. The largest absolute Gasteiger partial charge is 0.296 e. The van der Waals surface area contributed by atoms with Gasteiger partial charge < -0.3 is 0 Å². The number of aromatic nitrogens is 4. The van der Waals surface area contributed by atoms with Gasteiger partial charge in [-0.2, -0.15) is 14.5 Å². The predicted octanol–water partition coefficient (Wildman–Crippen LogP) is 0.760. The molecule has 3 heterocycles. The van der Waals surface area contributed by atoms with Crippen molar-refractivity contribution >= 4 is 10.0 Å². The first kappa shape index (κ1) is 18.1. The molecule has 0 atom stereocenters. The van der Waals surface area contributed by atoms with Crippen LogP contribution in [-0.2, 0) is 30.2 Å². The SMILES string of the molecule is CCn1ncc(S(=O)(=O)N2CCN(Cc3cnn(C)c3C)CC2)c1C.